The van der Waals surface area contributed by atoms with Gasteiger partial charge in [0.25, 0.3) is 0 Å². The molecule has 0 radical (unpaired) electrons. The highest BCUT2D eigenvalue weighted by Gasteiger charge is 2.21. The van der Waals surface area contributed by atoms with Crippen LogP contribution in [0.3, 0.4) is 0 Å². The van der Waals surface area contributed by atoms with Crippen LogP contribution in [0.15, 0.2) is 22.7 Å². The topological polar surface area (TPSA) is 23.5 Å². The molecule has 1 fully saturated rings. The summed E-state index contributed by atoms with van der Waals surface area (Å²) in [5, 5.41) is 9.66. The van der Waals surface area contributed by atoms with Crippen LogP contribution in [0.2, 0.25) is 0 Å². The van der Waals surface area contributed by atoms with E-state index in [4.69, 9.17) is 0 Å². The van der Waals surface area contributed by atoms with E-state index in [-0.39, 0.29) is 0 Å². The Kier molecular flexibility index (Phi) is 5.28. The minimum Gasteiger partial charge on any atom is -0.389 e. The summed E-state index contributed by atoms with van der Waals surface area (Å²) in [6.45, 7) is 5.23. The minimum atomic E-state index is -0.406. The summed E-state index contributed by atoms with van der Waals surface area (Å²) >= 11 is 3.68. The Hall–Kier alpha value is -0.540. The molecule has 1 aliphatic heterocycles. The lowest BCUT2D eigenvalue weighted by atomic mass is 10.1. The molecule has 19 heavy (non-hydrogen) atoms. The molecule has 1 heterocycles. The molecule has 1 saturated heterocycles. The van der Waals surface area contributed by atoms with Crippen molar-refractivity contribution in [3.05, 3.63) is 28.2 Å². The van der Waals surface area contributed by atoms with Crippen LogP contribution in [0, 0.1) is 0 Å². The summed E-state index contributed by atoms with van der Waals surface area (Å²) in [6, 6.07) is 6.90. The Bertz CT molecular complexity index is 419. The van der Waals surface area contributed by atoms with Gasteiger partial charge in [-0.15, -0.1) is 0 Å². The Morgan fingerprint density at radius 2 is 2.16 bits per heavy atom. The van der Waals surface area contributed by atoms with Crippen molar-refractivity contribution < 1.29 is 5.11 Å². The number of halogens is 1. The fourth-order valence-corrected chi connectivity index (χ4v) is 3.56. The molecule has 1 unspecified atom stereocenters. The molecule has 2 nitrogen and oxygen atoms in total. The van der Waals surface area contributed by atoms with Gasteiger partial charge in [-0.2, -0.15) is 0 Å². The lowest BCUT2D eigenvalue weighted by molar-refractivity contribution is 0.199. The first-order valence-corrected chi connectivity index (χ1v) is 8.17. The highest BCUT2D eigenvalue weighted by molar-refractivity contribution is 9.10. The number of anilines is 1. The zero-order chi connectivity index (χ0) is 13.8. The van der Waals surface area contributed by atoms with E-state index in [9.17, 15) is 5.11 Å². The smallest absolute Gasteiger partial charge is 0.0762 e. The van der Waals surface area contributed by atoms with E-state index in [1.165, 1.54) is 37.8 Å². The van der Waals surface area contributed by atoms with Crippen molar-refractivity contribution >= 4 is 21.6 Å². The molecule has 0 saturated carbocycles. The van der Waals surface area contributed by atoms with Gasteiger partial charge in [-0.1, -0.05) is 25.8 Å². The normalized spacial score (nSPS) is 22.1. The third-order valence-electron chi connectivity index (χ3n) is 4.11. The second-order valence-corrected chi connectivity index (χ2v) is 6.35. The van der Waals surface area contributed by atoms with Crippen molar-refractivity contribution in [1.29, 1.82) is 0 Å². The molecule has 0 aliphatic carbocycles. The van der Waals surface area contributed by atoms with Crippen LogP contribution >= 0.6 is 15.9 Å². The lowest BCUT2D eigenvalue weighted by Gasteiger charge is -2.32. The first-order chi connectivity index (χ1) is 9.13. The van der Waals surface area contributed by atoms with Crippen molar-refractivity contribution in [3.8, 4) is 0 Å². The van der Waals surface area contributed by atoms with Crippen molar-refractivity contribution in [2.75, 3.05) is 11.4 Å². The van der Waals surface area contributed by atoms with Gasteiger partial charge >= 0.3 is 0 Å². The van der Waals surface area contributed by atoms with E-state index < -0.39 is 6.10 Å². The Morgan fingerprint density at radius 1 is 1.37 bits per heavy atom. The van der Waals surface area contributed by atoms with Crippen LogP contribution < -0.4 is 4.90 Å². The van der Waals surface area contributed by atoms with E-state index in [0.717, 1.165) is 16.6 Å². The van der Waals surface area contributed by atoms with Crippen LogP contribution in [-0.4, -0.2) is 17.7 Å². The second kappa shape index (κ2) is 6.76. The third-order valence-corrected chi connectivity index (χ3v) is 4.75. The molecule has 3 heteroatoms. The first-order valence-electron chi connectivity index (χ1n) is 7.37. The van der Waals surface area contributed by atoms with Gasteiger partial charge < -0.3 is 10.0 Å². The molecule has 1 aromatic carbocycles. The predicted octanol–water partition coefficient (Wildman–Crippen LogP) is 4.66. The molecule has 0 aromatic heterocycles. The lowest BCUT2D eigenvalue weighted by Crippen LogP contribution is -2.34. The SMILES string of the molecule is CCC1CCCCCN1c1ccc([C@@H](C)O)cc1Br. The summed E-state index contributed by atoms with van der Waals surface area (Å²) in [7, 11) is 0. The van der Waals surface area contributed by atoms with Crippen LogP contribution in [0.4, 0.5) is 5.69 Å². The third kappa shape index (κ3) is 3.51. The summed E-state index contributed by atoms with van der Waals surface area (Å²) in [4.78, 5) is 2.54. The number of rotatable bonds is 3. The number of hydrogen-bond donors (Lipinski definition) is 1. The van der Waals surface area contributed by atoms with Crippen molar-refractivity contribution in [2.24, 2.45) is 0 Å². The zero-order valence-electron chi connectivity index (χ0n) is 11.9. The maximum Gasteiger partial charge on any atom is 0.0762 e. The van der Waals surface area contributed by atoms with Gasteiger partial charge in [0.1, 0.15) is 0 Å². The van der Waals surface area contributed by atoms with E-state index in [1.807, 2.05) is 13.0 Å². The van der Waals surface area contributed by atoms with Gasteiger partial charge in [-0.3, -0.25) is 0 Å². The molecule has 2 atom stereocenters. The number of aliphatic hydroxyl groups is 1. The van der Waals surface area contributed by atoms with Crippen molar-refractivity contribution in [2.45, 2.75) is 58.1 Å². The average Bonchev–Trinajstić information content (AvgIpc) is 2.63. The number of hydrogen-bond acceptors (Lipinski definition) is 2. The van der Waals surface area contributed by atoms with Crippen LogP contribution in [0.5, 0.6) is 0 Å². The Morgan fingerprint density at radius 3 is 2.79 bits per heavy atom. The monoisotopic (exact) mass is 325 g/mol. The maximum absolute atomic E-state index is 9.66. The molecule has 2 rings (SSSR count). The maximum atomic E-state index is 9.66. The average molecular weight is 326 g/mol. The fourth-order valence-electron chi connectivity index (χ4n) is 2.93. The fraction of sp³-hybridized carbons (Fsp3) is 0.625. The molecule has 0 amide bonds. The highest BCUT2D eigenvalue weighted by atomic mass is 79.9. The standard InChI is InChI=1S/C16H24BrNO/c1-3-14-7-5-4-6-10-18(14)16-9-8-13(12(2)19)11-15(16)17/h8-9,11-12,14,19H,3-7,10H2,1-2H3/t12-,14?/m1/s1. The quantitative estimate of drug-likeness (QED) is 0.873. The van der Waals surface area contributed by atoms with Crippen molar-refractivity contribution in [3.63, 3.8) is 0 Å². The van der Waals surface area contributed by atoms with E-state index in [0.29, 0.717) is 6.04 Å². The summed E-state index contributed by atoms with van der Waals surface area (Å²) < 4.78 is 1.10. The highest BCUT2D eigenvalue weighted by Crippen LogP contribution is 2.33. The van der Waals surface area contributed by atoms with Gasteiger partial charge in [0.2, 0.25) is 0 Å². The number of nitrogens with zero attached hydrogens (tertiary/aromatic N) is 1. The first kappa shape index (κ1) is 14.9. The molecule has 1 aliphatic rings. The van der Waals surface area contributed by atoms with Gasteiger partial charge in [0, 0.05) is 17.1 Å². The van der Waals surface area contributed by atoms with Crippen LogP contribution in [-0.2, 0) is 0 Å². The number of aliphatic hydroxyl groups excluding tert-OH is 1. The van der Waals surface area contributed by atoms with Crippen LogP contribution in [0.1, 0.15) is 57.6 Å². The summed E-state index contributed by atoms with van der Waals surface area (Å²) in [5.74, 6) is 0. The summed E-state index contributed by atoms with van der Waals surface area (Å²) in [6.07, 6.45) is 6.05. The Balaban J connectivity index is 2.28. The second-order valence-electron chi connectivity index (χ2n) is 5.49. The Labute approximate surface area is 124 Å². The molecule has 106 valence electrons. The summed E-state index contributed by atoms with van der Waals surface area (Å²) in [5.41, 5.74) is 2.25. The molecular formula is C16H24BrNO. The van der Waals surface area contributed by atoms with Gasteiger partial charge in [-0.25, -0.2) is 0 Å². The largest absolute Gasteiger partial charge is 0.389 e. The molecule has 1 N–H and O–H groups in total. The van der Waals surface area contributed by atoms with E-state index >= 15 is 0 Å². The molecule has 0 bridgehead atoms. The zero-order valence-corrected chi connectivity index (χ0v) is 13.5. The minimum absolute atomic E-state index is 0.406. The molecular weight excluding hydrogens is 302 g/mol. The van der Waals surface area contributed by atoms with Gasteiger partial charge in [-0.05, 0) is 59.8 Å². The predicted molar refractivity (Wildman–Crippen MR) is 84.7 cm³/mol. The van der Waals surface area contributed by atoms with Gasteiger partial charge in [0.15, 0.2) is 0 Å². The van der Waals surface area contributed by atoms with E-state index in [1.54, 1.807) is 0 Å². The van der Waals surface area contributed by atoms with Gasteiger partial charge in [0.05, 0.1) is 11.8 Å². The molecule has 1 aromatic rings. The van der Waals surface area contributed by atoms with Crippen molar-refractivity contribution in [1.82, 2.24) is 0 Å². The molecule has 0 spiro atoms. The van der Waals surface area contributed by atoms with E-state index in [2.05, 4.69) is 39.9 Å². The number of benzene rings is 1. The van der Waals surface area contributed by atoms with Crippen LogP contribution in [0.25, 0.3) is 0 Å².